The van der Waals surface area contributed by atoms with Crippen molar-refractivity contribution in [1.29, 1.82) is 0 Å². The minimum Gasteiger partial charge on any atom is -0.494 e. The van der Waals surface area contributed by atoms with E-state index in [-0.39, 0.29) is 5.91 Å². The van der Waals surface area contributed by atoms with E-state index in [0.29, 0.717) is 40.5 Å². The second-order valence-electron chi connectivity index (χ2n) is 7.10. The fraction of sp³-hybridized carbons (Fsp3) is 0.227. The van der Waals surface area contributed by atoms with Gasteiger partial charge in [0.2, 0.25) is 11.9 Å². The number of amides is 2. The molecule has 0 saturated heterocycles. The van der Waals surface area contributed by atoms with Gasteiger partial charge in [-0.3, -0.25) is 14.9 Å². The van der Waals surface area contributed by atoms with Crippen LogP contribution >= 0.6 is 0 Å². The summed E-state index contributed by atoms with van der Waals surface area (Å²) in [7, 11) is 3.38. The van der Waals surface area contributed by atoms with E-state index in [0.717, 1.165) is 17.3 Å². The van der Waals surface area contributed by atoms with Crippen molar-refractivity contribution in [3.63, 3.8) is 0 Å². The molecule has 0 fully saturated rings. The average molecular weight is 405 g/mol. The Morgan fingerprint density at radius 1 is 1.20 bits per heavy atom. The number of nitrogens with zero attached hydrogens (tertiary/aromatic N) is 3. The lowest BCUT2D eigenvalue weighted by Gasteiger charge is -2.11. The number of imidazole rings is 1. The molecule has 8 heteroatoms. The number of fused-ring (bicyclic) bond motifs is 2. The van der Waals surface area contributed by atoms with Gasteiger partial charge in [-0.1, -0.05) is 25.1 Å². The number of aryl methyl sites for hydroxylation is 2. The summed E-state index contributed by atoms with van der Waals surface area (Å²) in [6, 6.07) is 12.9. The molecule has 0 saturated carbocycles. The number of ether oxygens (including phenoxy) is 1. The number of carbonyl (C=O) groups is 2. The van der Waals surface area contributed by atoms with Gasteiger partial charge in [0.15, 0.2) is 0 Å². The highest BCUT2D eigenvalue weighted by Crippen LogP contribution is 2.31. The Balaban J connectivity index is 1.81. The van der Waals surface area contributed by atoms with Crippen LogP contribution in [0.4, 0.5) is 5.95 Å². The van der Waals surface area contributed by atoms with Gasteiger partial charge in [0.05, 0.1) is 12.6 Å². The fourth-order valence-corrected chi connectivity index (χ4v) is 3.74. The van der Waals surface area contributed by atoms with Gasteiger partial charge in [-0.15, -0.1) is 0 Å². The molecule has 0 aliphatic rings. The molecule has 0 spiro atoms. The molecule has 2 aromatic carbocycles. The number of nitrogens with two attached hydrogens (primary N) is 1. The lowest BCUT2D eigenvalue weighted by Crippen LogP contribution is -2.18. The zero-order chi connectivity index (χ0) is 21.4. The van der Waals surface area contributed by atoms with Gasteiger partial charge in [0.1, 0.15) is 17.0 Å². The third kappa shape index (κ3) is 3.16. The van der Waals surface area contributed by atoms with E-state index in [4.69, 9.17) is 10.5 Å². The molecule has 30 heavy (non-hydrogen) atoms. The summed E-state index contributed by atoms with van der Waals surface area (Å²) in [5.41, 5.74) is 8.47. The first-order valence-corrected chi connectivity index (χ1v) is 9.68. The summed E-state index contributed by atoms with van der Waals surface area (Å²) in [4.78, 5) is 29.3. The number of methoxy groups -OCH3 is 1. The number of hydrogen-bond acceptors (Lipinski definition) is 4. The smallest absolute Gasteiger partial charge is 0.274 e. The lowest BCUT2D eigenvalue weighted by atomic mass is 10.1. The van der Waals surface area contributed by atoms with Crippen LogP contribution in [0.25, 0.3) is 21.9 Å². The monoisotopic (exact) mass is 405 g/mol. The summed E-state index contributed by atoms with van der Waals surface area (Å²) in [5.74, 6) is 0.0335. The number of rotatable bonds is 6. The van der Waals surface area contributed by atoms with Crippen molar-refractivity contribution in [2.75, 3.05) is 12.4 Å². The van der Waals surface area contributed by atoms with Crippen LogP contribution in [0.3, 0.4) is 0 Å². The molecule has 2 heterocycles. The van der Waals surface area contributed by atoms with Crippen molar-refractivity contribution in [3.05, 3.63) is 53.7 Å². The maximum atomic E-state index is 13.1. The van der Waals surface area contributed by atoms with Crippen LogP contribution in [-0.2, 0) is 13.6 Å². The fourth-order valence-electron chi connectivity index (χ4n) is 3.74. The predicted molar refractivity (Wildman–Crippen MR) is 116 cm³/mol. The van der Waals surface area contributed by atoms with Crippen LogP contribution in [0.5, 0.6) is 5.75 Å². The van der Waals surface area contributed by atoms with Crippen LogP contribution in [0.2, 0.25) is 0 Å². The van der Waals surface area contributed by atoms with Crippen molar-refractivity contribution in [2.24, 2.45) is 12.8 Å². The third-order valence-electron chi connectivity index (χ3n) is 5.17. The minimum atomic E-state index is -0.568. The van der Waals surface area contributed by atoms with Gasteiger partial charge in [-0.05, 0) is 30.7 Å². The zero-order valence-corrected chi connectivity index (χ0v) is 17.1. The largest absolute Gasteiger partial charge is 0.494 e. The van der Waals surface area contributed by atoms with E-state index in [2.05, 4.69) is 10.3 Å². The Bertz CT molecular complexity index is 1290. The molecule has 0 radical (unpaired) electrons. The van der Waals surface area contributed by atoms with Gasteiger partial charge in [0.25, 0.3) is 5.91 Å². The molecule has 0 aliphatic heterocycles. The first-order chi connectivity index (χ1) is 14.4. The number of primary amides is 1. The van der Waals surface area contributed by atoms with Crippen molar-refractivity contribution in [2.45, 2.75) is 19.9 Å². The van der Waals surface area contributed by atoms with E-state index in [1.165, 1.54) is 7.11 Å². The number of carbonyl (C=O) groups excluding carboxylic acids is 2. The third-order valence-corrected chi connectivity index (χ3v) is 5.17. The Morgan fingerprint density at radius 3 is 2.63 bits per heavy atom. The molecule has 3 N–H and O–H groups in total. The maximum Gasteiger partial charge on any atom is 0.274 e. The second kappa shape index (κ2) is 7.55. The quantitative estimate of drug-likeness (QED) is 0.513. The molecule has 8 nitrogen and oxygen atoms in total. The van der Waals surface area contributed by atoms with Gasteiger partial charge in [-0.25, -0.2) is 4.98 Å². The molecule has 0 unspecified atom stereocenters. The summed E-state index contributed by atoms with van der Waals surface area (Å²) >= 11 is 0. The number of nitrogens with one attached hydrogen (secondary N) is 1. The van der Waals surface area contributed by atoms with Crippen molar-refractivity contribution < 1.29 is 14.3 Å². The highest BCUT2D eigenvalue weighted by molar-refractivity contribution is 6.06. The van der Waals surface area contributed by atoms with Gasteiger partial charge < -0.3 is 19.6 Å². The maximum absolute atomic E-state index is 13.1. The predicted octanol–water partition coefficient (Wildman–Crippen LogP) is 3.30. The van der Waals surface area contributed by atoms with E-state index >= 15 is 0 Å². The molecular formula is C22H23N5O3. The van der Waals surface area contributed by atoms with Crippen LogP contribution < -0.4 is 15.8 Å². The van der Waals surface area contributed by atoms with E-state index in [1.54, 1.807) is 12.1 Å². The Hall–Kier alpha value is -3.81. The molecule has 0 atom stereocenters. The highest BCUT2D eigenvalue weighted by atomic mass is 16.5. The van der Waals surface area contributed by atoms with Gasteiger partial charge >= 0.3 is 0 Å². The highest BCUT2D eigenvalue weighted by Gasteiger charge is 2.21. The molecular weight excluding hydrogens is 382 g/mol. The van der Waals surface area contributed by atoms with Crippen molar-refractivity contribution in [3.8, 4) is 5.75 Å². The molecule has 0 bridgehead atoms. The first-order valence-electron chi connectivity index (χ1n) is 9.68. The second-order valence-corrected chi connectivity index (χ2v) is 7.10. The molecule has 4 aromatic rings. The topological polar surface area (TPSA) is 104 Å². The summed E-state index contributed by atoms with van der Waals surface area (Å²) in [5, 5.41) is 3.91. The minimum absolute atomic E-state index is 0.268. The summed E-state index contributed by atoms with van der Waals surface area (Å²) in [6.07, 6.45) is 0.823. The standard InChI is InChI=1S/C22H23N5O3/c1-4-9-27-19-15(10-14(20(23)28)12-18(19)30-3)24-22(27)25-21(29)17-11-13-7-5-6-8-16(13)26(17)2/h5-8,10-12H,4,9H2,1-3H3,(H2,23,28)(H,24,25,29). The zero-order valence-electron chi connectivity index (χ0n) is 17.1. The molecule has 2 amide bonds. The molecule has 2 aromatic heterocycles. The van der Waals surface area contributed by atoms with Crippen LogP contribution in [0.1, 0.15) is 34.2 Å². The van der Waals surface area contributed by atoms with E-state index < -0.39 is 5.91 Å². The SMILES string of the molecule is CCCn1c(NC(=O)c2cc3ccccc3n2C)nc2cc(C(N)=O)cc(OC)c21. The molecule has 154 valence electrons. The number of aromatic nitrogens is 3. The Kier molecular flexibility index (Phi) is 4.91. The normalized spacial score (nSPS) is 11.2. The molecule has 4 rings (SSSR count). The number of anilines is 1. The van der Waals surface area contributed by atoms with Gasteiger partial charge in [0, 0.05) is 30.1 Å². The first kappa shape index (κ1) is 19.5. The van der Waals surface area contributed by atoms with E-state index in [1.807, 2.05) is 53.4 Å². The number of benzene rings is 2. The molecule has 0 aliphatic carbocycles. The van der Waals surface area contributed by atoms with Gasteiger partial charge in [-0.2, -0.15) is 0 Å². The van der Waals surface area contributed by atoms with E-state index in [9.17, 15) is 9.59 Å². The Labute approximate surface area is 173 Å². The number of para-hydroxylation sites is 1. The Morgan fingerprint density at radius 2 is 1.97 bits per heavy atom. The van der Waals surface area contributed by atoms with Crippen molar-refractivity contribution >= 4 is 39.7 Å². The average Bonchev–Trinajstić information content (AvgIpc) is 3.25. The lowest BCUT2D eigenvalue weighted by molar-refractivity contribution is 0.0996. The van der Waals surface area contributed by atoms with Crippen LogP contribution in [-0.4, -0.2) is 33.0 Å². The summed E-state index contributed by atoms with van der Waals surface area (Å²) < 4.78 is 9.22. The van der Waals surface area contributed by atoms with Crippen LogP contribution in [0, 0.1) is 0 Å². The summed E-state index contributed by atoms with van der Waals surface area (Å²) in [6.45, 7) is 2.65. The van der Waals surface area contributed by atoms with Crippen LogP contribution in [0.15, 0.2) is 42.5 Å². The van der Waals surface area contributed by atoms with Crippen molar-refractivity contribution in [1.82, 2.24) is 14.1 Å². The number of hydrogen-bond donors (Lipinski definition) is 2.